The van der Waals surface area contributed by atoms with Crippen molar-refractivity contribution in [3.05, 3.63) is 29.8 Å². The van der Waals surface area contributed by atoms with Crippen molar-refractivity contribution in [2.24, 2.45) is 94.7 Å². The molecule has 1 nitrogen and oxygen atoms in total. The van der Waals surface area contributed by atoms with Gasteiger partial charge in [0.2, 0.25) is 0 Å². The molecular formula is C26H24O. The quantitative estimate of drug-likeness (QED) is 0.689. The van der Waals surface area contributed by atoms with Crippen molar-refractivity contribution in [1.82, 2.24) is 0 Å². The lowest BCUT2D eigenvalue weighted by molar-refractivity contribution is -0.0348. The summed E-state index contributed by atoms with van der Waals surface area (Å²) in [6.07, 6.45) is 3.23. The Kier molecular flexibility index (Phi) is 1.23. The molecule has 10 saturated carbocycles. The van der Waals surface area contributed by atoms with Crippen LogP contribution >= 0.6 is 0 Å². The summed E-state index contributed by atoms with van der Waals surface area (Å²) in [5.41, 5.74) is 2.47. The molecule has 27 heavy (non-hydrogen) atoms. The summed E-state index contributed by atoms with van der Waals surface area (Å²) in [5.74, 6) is 19.0. The first kappa shape index (κ1) is 11.9. The second kappa shape index (κ2) is 2.78. The molecule has 0 amide bonds. The highest BCUT2D eigenvalue weighted by Crippen LogP contribution is 3.00. The van der Waals surface area contributed by atoms with Crippen LogP contribution in [0.4, 0.5) is 0 Å². The number of ether oxygens (including phenoxy) is 1. The van der Waals surface area contributed by atoms with Gasteiger partial charge in [0.05, 0.1) is 0 Å². The molecule has 18 atom stereocenters. The first-order valence-corrected chi connectivity index (χ1v) is 12.2. The monoisotopic (exact) mass is 352 g/mol. The molecule has 0 radical (unpaired) electrons. The number of para-hydroxylation sites is 1. The smallest absolute Gasteiger partial charge is 0.126 e. The minimum atomic E-state index is 0.280. The van der Waals surface area contributed by atoms with E-state index in [1.54, 1.807) is 18.4 Å². The molecule has 0 bridgehead atoms. The molecule has 1 aliphatic heterocycles. The Morgan fingerprint density at radius 3 is 2.00 bits per heavy atom. The molecule has 0 saturated heterocycles. The molecule has 10 fully saturated rings. The van der Waals surface area contributed by atoms with E-state index in [0.717, 1.165) is 71.0 Å². The van der Waals surface area contributed by atoms with Gasteiger partial charge in [0.1, 0.15) is 11.4 Å². The molecule has 1 spiro atoms. The van der Waals surface area contributed by atoms with Crippen molar-refractivity contribution in [2.45, 2.75) is 23.9 Å². The number of rotatable bonds is 0. The lowest BCUT2D eigenvalue weighted by Crippen LogP contribution is -2.55. The van der Waals surface area contributed by atoms with E-state index in [9.17, 15) is 0 Å². The highest BCUT2D eigenvalue weighted by atomic mass is 16.5. The van der Waals surface area contributed by atoms with E-state index in [-0.39, 0.29) is 5.60 Å². The Morgan fingerprint density at radius 1 is 0.667 bits per heavy atom. The molecule has 1 heterocycles. The fourth-order valence-corrected chi connectivity index (χ4v) is 16.1. The summed E-state index contributed by atoms with van der Waals surface area (Å²) in [5, 5.41) is 0. The van der Waals surface area contributed by atoms with E-state index in [1.165, 1.54) is 29.4 Å². The summed E-state index contributed by atoms with van der Waals surface area (Å²) in [6.45, 7) is 0. The number of hydrogen-bond donors (Lipinski definition) is 0. The van der Waals surface area contributed by atoms with Crippen LogP contribution < -0.4 is 4.74 Å². The summed E-state index contributed by atoms with van der Waals surface area (Å²) < 4.78 is 7.41. The summed E-state index contributed by atoms with van der Waals surface area (Å²) in [4.78, 5) is 0. The lowest BCUT2D eigenvalue weighted by atomic mass is 9.57. The second-order valence-electron chi connectivity index (χ2n) is 13.1. The molecule has 0 aromatic heterocycles. The lowest BCUT2D eigenvalue weighted by Gasteiger charge is -2.46. The highest BCUT2D eigenvalue weighted by molar-refractivity contribution is 5.60. The SMILES string of the molecule is c1ccc2c(c1)OC13[C@@H]4[C@@H]5[C@H]6C7C8[C@H]9C[C@H]([C@@H]%10[C@H]9[C@@H]7[C@H]5[C@@H]%101)C23[C@@H]1C[C@H]8[C@@H]6[C@@H]41. The normalized spacial score (nSPS) is 83.1. The molecule has 10 aliphatic carbocycles. The van der Waals surface area contributed by atoms with Crippen molar-refractivity contribution in [3.63, 3.8) is 0 Å². The molecule has 11 aliphatic rings. The average molecular weight is 352 g/mol. The largest absolute Gasteiger partial charge is 0.485 e. The fourth-order valence-electron chi connectivity index (χ4n) is 16.1. The van der Waals surface area contributed by atoms with Crippen LogP contribution in [0.5, 0.6) is 5.75 Å². The third-order valence-corrected chi connectivity index (χ3v) is 14.5. The maximum atomic E-state index is 7.41. The zero-order chi connectivity index (χ0) is 16.3. The van der Waals surface area contributed by atoms with Gasteiger partial charge in [-0.3, -0.25) is 0 Å². The van der Waals surface area contributed by atoms with E-state index in [0.29, 0.717) is 5.41 Å². The van der Waals surface area contributed by atoms with E-state index >= 15 is 0 Å². The van der Waals surface area contributed by atoms with Gasteiger partial charge >= 0.3 is 0 Å². The van der Waals surface area contributed by atoms with Crippen LogP contribution in [0, 0.1) is 94.7 Å². The van der Waals surface area contributed by atoms with Crippen LogP contribution in [0.2, 0.25) is 0 Å². The highest BCUT2D eigenvalue weighted by Gasteiger charge is 3.01. The minimum Gasteiger partial charge on any atom is -0.485 e. The minimum absolute atomic E-state index is 0.280. The van der Waals surface area contributed by atoms with E-state index in [2.05, 4.69) is 24.3 Å². The van der Waals surface area contributed by atoms with Gasteiger partial charge in [-0.05, 0) is 102 Å². The molecule has 1 aromatic carbocycles. The summed E-state index contributed by atoms with van der Waals surface area (Å²) >= 11 is 0. The van der Waals surface area contributed by atoms with Crippen LogP contribution in [0.25, 0.3) is 0 Å². The van der Waals surface area contributed by atoms with Crippen LogP contribution in [-0.4, -0.2) is 5.60 Å². The van der Waals surface area contributed by atoms with Gasteiger partial charge in [-0.2, -0.15) is 0 Å². The predicted octanol–water partition coefficient (Wildman–Crippen LogP) is 3.83. The third kappa shape index (κ3) is 0.657. The van der Waals surface area contributed by atoms with E-state index in [4.69, 9.17) is 4.74 Å². The van der Waals surface area contributed by atoms with E-state index in [1.807, 2.05) is 0 Å². The van der Waals surface area contributed by atoms with Crippen molar-refractivity contribution in [1.29, 1.82) is 0 Å². The van der Waals surface area contributed by atoms with Gasteiger partial charge in [0.15, 0.2) is 0 Å². The van der Waals surface area contributed by atoms with Gasteiger partial charge in [-0.25, -0.2) is 0 Å². The maximum absolute atomic E-state index is 7.41. The van der Waals surface area contributed by atoms with Crippen molar-refractivity contribution in [3.8, 4) is 5.75 Å². The number of fused-ring (bicyclic) bond motifs is 3. The second-order valence-corrected chi connectivity index (χ2v) is 13.1. The summed E-state index contributed by atoms with van der Waals surface area (Å²) in [6, 6.07) is 9.51. The molecule has 1 heteroatoms. The van der Waals surface area contributed by atoms with Crippen LogP contribution in [-0.2, 0) is 5.41 Å². The Bertz CT molecular complexity index is 1020. The van der Waals surface area contributed by atoms with Crippen LogP contribution in [0.3, 0.4) is 0 Å². The van der Waals surface area contributed by atoms with Gasteiger partial charge in [-0.1, -0.05) is 18.2 Å². The third-order valence-electron chi connectivity index (χ3n) is 14.5. The van der Waals surface area contributed by atoms with E-state index < -0.39 is 0 Å². The molecule has 1 aromatic rings. The number of benzene rings is 1. The topological polar surface area (TPSA) is 9.23 Å². The van der Waals surface area contributed by atoms with Crippen LogP contribution in [0.1, 0.15) is 18.4 Å². The molecule has 0 N–H and O–H groups in total. The van der Waals surface area contributed by atoms with Crippen LogP contribution in [0.15, 0.2) is 24.3 Å². The predicted molar refractivity (Wildman–Crippen MR) is 96.6 cm³/mol. The maximum Gasteiger partial charge on any atom is 0.126 e. The van der Waals surface area contributed by atoms with Gasteiger partial charge in [0, 0.05) is 22.8 Å². The van der Waals surface area contributed by atoms with Crippen molar-refractivity contribution in [2.75, 3.05) is 0 Å². The Morgan fingerprint density at radius 2 is 1.30 bits per heavy atom. The zero-order valence-corrected chi connectivity index (χ0v) is 15.4. The number of hydrogen-bond acceptors (Lipinski definition) is 1. The molecular weight excluding hydrogens is 328 g/mol. The zero-order valence-electron chi connectivity index (χ0n) is 15.4. The van der Waals surface area contributed by atoms with Crippen molar-refractivity contribution < 1.29 is 4.74 Å². The Hall–Kier alpha value is -0.980. The Labute approximate surface area is 159 Å². The van der Waals surface area contributed by atoms with Gasteiger partial charge < -0.3 is 4.74 Å². The average Bonchev–Trinajstić information content (AvgIpc) is 3.42. The fraction of sp³-hybridized carbons (Fsp3) is 0.769. The summed E-state index contributed by atoms with van der Waals surface area (Å²) in [7, 11) is 0. The standard InChI is InChI=1S/C26H24O/c1-2-4-12-9(3-1)25-10-5-7-13-8-6-11(25)17-15(8)20-18(13)19-14(7)16(10)23-21(19)22(20)24(17)26(23,25)27-12/h1-4,7-8,10-11,13-24H,5-6H2/t7-,8-,10-,11-,13?,14-,15+,16+,17-,18?,19-,20+,21-,22-,23+,24-,25?,26?/m1/s1. The molecule has 134 valence electrons. The van der Waals surface area contributed by atoms with Gasteiger partial charge in [-0.15, -0.1) is 0 Å². The first-order valence-electron chi connectivity index (χ1n) is 12.2. The van der Waals surface area contributed by atoms with Crippen molar-refractivity contribution >= 4 is 0 Å². The molecule has 12 rings (SSSR count). The molecule has 4 unspecified atom stereocenters. The Balaban J connectivity index is 1.36. The van der Waals surface area contributed by atoms with Gasteiger partial charge in [0.25, 0.3) is 0 Å². The first-order chi connectivity index (χ1) is 13.4.